The van der Waals surface area contributed by atoms with Crippen molar-refractivity contribution in [1.82, 2.24) is 0 Å². The van der Waals surface area contributed by atoms with E-state index in [2.05, 4.69) is 0 Å². The van der Waals surface area contributed by atoms with Crippen LogP contribution in [0.4, 0.5) is 0 Å². The lowest BCUT2D eigenvalue weighted by Crippen LogP contribution is -2.08. The van der Waals surface area contributed by atoms with Crippen molar-refractivity contribution in [3.8, 4) is 11.5 Å². The predicted molar refractivity (Wildman–Crippen MR) is 79.8 cm³/mol. The molecule has 0 atom stereocenters. The molecule has 0 bridgehead atoms. The number of hydrogen-bond acceptors (Lipinski definition) is 5. The van der Waals surface area contributed by atoms with Crippen LogP contribution in [0, 0.1) is 0 Å². The third-order valence-corrected chi connectivity index (χ3v) is 5.08. The maximum absolute atomic E-state index is 12.1. The Bertz CT molecular complexity index is 701. The van der Waals surface area contributed by atoms with Gasteiger partial charge in [0.1, 0.15) is 0 Å². The summed E-state index contributed by atoms with van der Waals surface area (Å²) in [5.41, 5.74) is 0.908. The molecule has 0 aliphatic carbocycles. The largest absolute Gasteiger partial charge is 0.493 e. The summed E-state index contributed by atoms with van der Waals surface area (Å²) < 4.78 is 34.6. The van der Waals surface area contributed by atoms with Gasteiger partial charge in [0.05, 0.1) is 7.11 Å². The van der Waals surface area contributed by atoms with E-state index in [0.717, 1.165) is 16.9 Å². The first kappa shape index (κ1) is 14.6. The van der Waals surface area contributed by atoms with Crippen LogP contribution in [0.5, 0.6) is 11.5 Å². The smallest absolute Gasteiger partial charge is 0.348 e. The number of benzene rings is 1. The van der Waals surface area contributed by atoms with Crippen molar-refractivity contribution in [2.45, 2.75) is 11.1 Å². The van der Waals surface area contributed by atoms with E-state index in [1.54, 1.807) is 29.6 Å². The van der Waals surface area contributed by atoms with Gasteiger partial charge in [0.25, 0.3) is 0 Å². The van der Waals surface area contributed by atoms with Crippen molar-refractivity contribution in [2.24, 2.45) is 0 Å². The van der Waals surface area contributed by atoms with Gasteiger partial charge in [-0.1, -0.05) is 24.3 Å². The normalized spacial score (nSPS) is 11.7. The Balaban J connectivity index is 2.34. The van der Waals surface area contributed by atoms with Crippen LogP contribution >= 0.6 is 11.3 Å². The number of ether oxygens (including phenoxy) is 1. The van der Waals surface area contributed by atoms with Crippen LogP contribution in [0.1, 0.15) is 12.5 Å². The first-order chi connectivity index (χ1) is 9.56. The molecule has 4 nitrogen and oxygen atoms in total. The molecule has 1 aromatic heterocycles. The summed E-state index contributed by atoms with van der Waals surface area (Å²) in [5, 5.41) is 1.68. The van der Waals surface area contributed by atoms with Gasteiger partial charge in [0, 0.05) is 0 Å². The lowest BCUT2D eigenvalue weighted by Gasteiger charge is -2.10. The molecule has 0 unspecified atom stereocenters. The minimum atomic E-state index is -3.81. The Hall–Kier alpha value is -1.79. The van der Waals surface area contributed by atoms with E-state index in [1.807, 2.05) is 19.1 Å². The highest BCUT2D eigenvalue weighted by atomic mass is 32.3. The molecular formula is C14H14O4S2. The van der Waals surface area contributed by atoms with E-state index in [-0.39, 0.29) is 9.96 Å². The Morgan fingerprint density at radius 3 is 2.60 bits per heavy atom. The second kappa shape index (κ2) is 6.11. The summed E-state index contributed by atoms with van der Waals surface area (Å²) in [6, 6.07) is 8.23. The van der Waals surface area contributed by atoms with Crippen LogP contribution in [0.15, 0.2) is 46.0 Å². The number of thiophene rings is 1. The highest BCUT2D eigenvalue weighted by Gasteiger charge is 2.20. The van der Waals surface area contributed by atoms with Gasteiger partial charge >= 0.3 is 10.1 Å². The maximum Gasteiger partial charge on any atom is 0.348 e. The number of rotatable bonds is 5. The molecule has 2 aromatic rings. The Morgan fingerprint density at radius 1 is 1.20 bits per heavy atom. The van der Waals surface area contributed by atoms with Crippen LogP contribution < -0.4 is 8.92 Å². The lowest BCUT2D eigenvalue weighted by molar-refractivity contribution is 0.391. The van der Waals surface area contributed by atoms with Gasteiger partial charge < -0.3 is 8.92 Å². The summed E-state index contributed by atoms with van der Waals surface area (Å²) in [6.07, 6.45) is 3.78. The van der Waals surface area contributed by atoms with Crippen LogP contribution in [-0.2, 0) is 10.1 Å². The molecule has 0 aliphatic heterocycles. The molecule has 6 heteroatoms. The minimum absolute atomic E-state index is 0.164. The average molecular weight is 310 g/mol. The van der Waals surface area contributed by atoms with Gasteiger partial charge in [-0.3, -0.25) is 0 Å². The molecule has 2 rings (SSSR count). The first-order valence-electron chi connectivity index (χ1n) is 5.85. The summed E-state index contributed by atoms with van der Waals surface area (Å²) in [4.78, 5) is 0. The van der Waals surface area contributed by atoms with Gasteiger partial charge in [-0.15, -0.1) is 11.3 Å². The van der Waals surface area contributed by atoms with Crippen molar-refractivity contribution in [3.05, 3.63) is 47.4 Å². The monoisotopic (exact) mass is 310 g/mol. The molecule has 0 N–H and O–H groups in total. The molecular weight excluding hydrogens is 296 g/mol. The zero-order valence-electron chi connectivity index (χ0n) is 11.1. The highest BCUT2D eigenvalue weighted by Crippen LogP contribution is 2.31. The SMILES string of the molecule is C/C=C/c1ccc(OS(=O)(=O)c2cccs2)c(OC)c1. The third kappa shape index (κ3) is 3.20. The standard InChI is InChI=1S/C14H14O4S2/c1-3-5-11-7-8-12(13(10-11)17-2)18-20(15,16)14-6-4-9-19-14/h3-10H,1-2H3/b5-3+. The molecule has 0 fully saturated rings. The van der Waals surface area contributed by atoms with Crippen LogP contribution in [0.3, 0.4) is 0 Å². The molecule has 0 radical (unpaired) electrons. The fourth-order valence-electron chi connectivity index (χ4n) is 1.61. The van der Waals surface area contributed by atoms with Crippen LogP contribution in [0.2, 0.25) is 0 Å². The van der Waals surface area contributed by atoms with Gasteiger partial charge in [-0.2, -0.15) is 8.42 Å². The Labute approximate surface area is 122 Å². The number of hydrogen-bond donors (Lipinski definition) is 0. The van der Waals surface area contributed by atoms with Crippen molar-refractivity contribution < 1.29 is 17.3 Å². The summed E-state index contributed by atoms with van der Waals surface area (Å²) >= 11 is 1.11. The Kier molecular flexibility index (Phi) is 4.46. The summed E-state index contributed by atoms with van der Waals surface area (Å²) in [5.74, 6) is 0.551. The van der Waals surface area contributed by atoms with E-state index in [0.29, 0.717) is 5.75 Å². The predicted octanol–water partition coefficient (Wildman–Crippen LogP) is 3.56. The van der Waals surface area contributed by atoms with Gasteiger partial charge in [-0.25, -0.2) is 0 Å². The quantitative estimate of drug-likeness (QED) is 0.792. The lowest BCUT2D eigenvalue weighted by atomic mass is 10.2. The number of methoxy groups -OCH3 is 1. The second-order valence-electron chi connectivity index (χ2n) is 3.88. The molecule has 0 saturated carbocycles. The molecule has 20 heavy (non-hydrogen) atoms. The van der Waals surface area contributed by atoms with E-state index in [4.69, 9.17) is 8.92 Å². The molecule has 106 valence electrons. The summed E-state index contributed by atoms with van der Waals surface area (Å²) in [7, 11) is -2.34. The first-order valence-corrected chi connectivity index (χ1v) is 8.14. The third-order valence-electron chi connectivity index (χ3n) is 2.49. The zero-order chi connectivity index (χ0) is 14.6. The van der Waals surface area contributed by atoms with Crippen molar-refractivity contribution in [2.75, 3.05) is 7.11 Å². The Morgan fingerprint density at radius 2 is 2.00 bits per heavy atom. The maximum atomic E-state index is 12.1. The van der Waals surface area contributed by atoms with Crippen molar-refractivity contribution in [3.63, 3.8) is 0 Å². The fourth-order valence-corrected chi connectivity index (χ4v) is 3.50. The molecule has 0 spiro atoms. The molecule has 0 aliphatic rings. The zero-order valence-corrected chi connectivity index (χ0v) is 12.7. The second-order valence-corrected chi connectivity index (χ2v) is 6.60. The average Bonchev–Trinajstić information content (AvgIpc) is 2.95. The molecule has 0 amide bonds. The van der Waals surface area contributed by atoms with E-state index in [9.17, 15) is 8.42 Å². The van der Waals surface area contributed by atoms with Crippen LogP contribution in [-0.4, -0.2) is 15.5 Å². The van der Waals surface area contributed by atoms with Crippen molar-refractivity contribution in [1.29, 1.82) is 0 Å². The molecule has 1 aromatic carbocycles. The molecule has 0 saturated heterocycles. The highest BCUT2D eigenvalue weighted by molar-refractivity contribution is 7.89. The van der Waals surface area contributed by atoms with E-state index in [1.165, 1.54) is 13.2 Å². The fraction of sp³-hybridized carbons (Fsp3) is 0.143. The van der Waals surface area contributed by atoms with Gasteiger partial charge in [0.15, 0.2) is 15.7 Å². The van der Waals surface area contributed by atoms with Crippen LogP contribution in [0.25, 0.3) is 6.08 Å². The van der Waals surface area contributed by atoms with E-state index < -0.39 is 10.1 Å². The van der Waals surface area contributed by atoms with Crippen molar-refractivity contribution >= 4 is 27.5 Å². The molecule has 1 heterocycles. The summed E-state index contributed by atoms with van der Waals surface area (Å²) in [6.45, 7) is 1.90. The minimum Gasteiger partial charge on any atom is -0.493 e. The van der Waals surface area contributed by atoms with Gasteiger partial charge in [0.2, 0.25) is 0 Å². The van der Waals surface area contributed by atoms with Gasteiger partial charge in [-0.05, 0) is 36.1 Å². The number of allylic oxidation sites excluding steroid dienone is 1. The van der Waals surface area contributed by atoms with E-state index >= 15 is 0 Å². The topological polar surface area (TPSA) is 52.6 Å².